The van der Waals surface area contributed by atoms with E-state index >= 15 is 0 Å². The molecule has 1 amide bonds. The van der Waals surface area contributed by atoms with Gasteiger partial charge in [0.15, 0.2) is 0 Å². The summed E-state index contributed by atoms with van der Waals surface area (Å²) in [6.45, 7) is 3.55. The van der Waals surface area contributed by atoms with Crippen LogP contribution in [0.1, 0.15) is 55.6 Å². The predicted molar refractivity (Wildman–Crippen MR) is 127 cm³/mol. The van der Waals surface area contributed by atoms with Gasteiger partial charge in [0.25, 0.3) is 0 Å². The Bertz CT molecular complexity index is 960. The molecule has 2 aromatic rings. The standard InChI is InChI=1S/C27H33F3N2O3/c28-27(29,30)35-23-12-10-22(11-13-23)24(26(34)14-5-2-6-15-26)25(33)32-17-7-16-31(18-19-32)20-21-8-3-1-4-9-21/h1,3-4,8-13,24,34H,2,5-7,14-20H2. The Labute approximate surface area is 204 Å². The fourth-order valence-corrected chi connectivity index (χ4v) is 5.37. The molecule has 0 spiro atoms. The third-order valence-corrected chi connectivity index (χ3v) is 7.10. The molecule has 8 heteroatoms. The highest BCUT2D eigenvalue weighted by Gasteiger charge is 2.45. The van der Waals surface area contributed by atoms with Crippen molar-refractivity contribution in [3.05, 3.63) is 65.7 Å². The first kappa shape index (κ1) is 25.5. The maximum absolute atomic E-state index is 13.9. The van der Waals surface area contributed by atoms with Gasteiger partial charge in [-0.2, -0.15) is 0 Å². The van der Waals surface area contributed by atoms with Gasteiger partial charge < -0.3 is 14.7 Å². The van der Waals surface area contributed by atoms with Crippen LogP contribution in [0, 0.1) is 0 Å². The Hall–Kier alpha value is -2.58. The predicted octanol–water partition coefficient (Wildman–Crippen LogP) is 5.10. The van der Waals surface area contributed by atoms with Crippen LogP contribution in [0.5, 0.6) is 5.75 Å². The number of alkyl halides is 3. The summed E-state index contributed by atoms with van der Waals surface area (Å²) in [7, 11) is 0. The van der Waals surface area contributed by atoms with Crippen LogP contribution >= 0.6 is 0 Å². The lowest BCUT2D eigenvalue weighted by Gasteiger charge is -2.40. The van der Waals surface area contributed by atoms with E-state index in [1.54, 1.807) is 0 Å². The second kappa shape index (κ2) is 11.0. The highest BCUT2D eigenvalue weighted by atomic mass is 19.4. The second-order valence-corrected chi connectivity index (χ2v) is 9.65. The first-order valence-electron chi connectivity index (χ1n) is 12.4. The number of hydrogen-bond acceptors (Lipinski definition) is 4. The summed E-state index contributed by atoms with van der Waals surface area (Å²) in [5, 5.41) is 11.6. The summed E-state index contributed by atoms with van der Waals surface area (Å²) in [6.07, 6.45) is -0.324. The normalized spacial score (nSPS) is 20.2. The lowest BCUT2D eigenvalue weighted by atomic mass is 9.72. The number of ether oxygens (including phenoxy) is 1. The van der Waals surface area contributed by atoms with E-state index in [0.717, 1.165) is 45.3 Å². The molecule has 2 fully saturated rings. The van der Waals surface area contributed by atoms with Gasteiger partial charge in [0.1, 0.15) is 5.75 Å². The third kappa shape index (κ3) is 6.76. The Morgan fingerprint density at radius 1 is 0.914 bits per heavy atom. The van der Waals surface area contributed by atoms with Gasteiger partial charge in [0.2, 0.25) is 5.91 Å². The van der Waals surface area contributed by atoms with E-state index in [1.807, 2.05) is 23.1 Å². The zero-order chi connectivity index (χ0) is 24.9. The molecule has 1 aliphatic carbocycles. The number of carbonyl (C=O) groups excluding carboxylic acids is 1. The lowest BCUT2D eigenvalue weighted by molar-refractivity contribution is -0.274. The molecule has 1 atom stereocenters. The first-order chi connectivity index (χ1) is 16.7. The maximum Gasteiger partial charge on any atom is 0.573 e. The molecular weight excluding hydrogens is 457 g/mol. The minimum absolute atomic E-state index is 0.152. The molecule has 190 valence electrons. The molecule has 4 rings (SSSR count). The number of benzene rings is 2. The largest absolute Gasteiger partial charge is 0.573 e. The smallest absolute Gasteiger partial charge is 0.406 e. The Kier molecular flexibility index (Phi) is 8.02. The van der Waals surface area contributed by atoms with Crippen LogP contribution in [0.3, 0.4) is 0 Å². The molecule has 1 heterocycles. The van der Waals surface area contributed by atoms with Gasteiger partial charge in [-0.3, -0.25) is 9.69 Å². The van der Waals surface area contributed by atoms with Crippen molar-refractivity contribution >= 4 is 5.91 Å². The summed E-state index contributed by atoms with van der Waals surface area (Å²) in [6, 6.07) is 15.6. The molecule has 2 aliphatic rings. The fourth-order valence-electron chi connectivity index (χ4n) is 5.37. The summed E-state index contributed by atoms with van der Waals surface area (Å²) in [4.78, 5) is 18.0. The summed E-state index contributed by atoms with van der Waals surface area (Å²) < 4.78 is 41.8. The van der Waals surface area contributed by atoms with Gasteiger partial charge in [-0.1, -0.05) is 61.7 Å². The average molecular weight is 491 g/mol. The van der Waals surface area contributed by atoms with Crippen LogP contribution in [-0.2, 0) is 11.3 Å². The quantitative estimate of drug-likeness (QED) is 0.612. The monoisotopic (exact) mass is 490 g/mol. The van der Waals surface area contributed by atoms with Crippen LogP contribution in [0.15, 0.2) is 54.6 Å². The Morgan fingerprint density at radius 2 is 1.60 bits per heavy atom. The van der Waals surface area contributed by atoms with Crippen LogP contribution < -0.4 is 4.74 Å². The van der Waals surface area contributed by atoms with Crippen molar-refractivity contribution in [1.82, 2.24) is 9.80 Å². The average Bonchev–Trinajstić information content (AvgIpc) is 3.06. The minimum atomic E-state index is -4.78. The van der Waals surface area contributed by atoms with Gasteiger partial charge in [-0.25, -0.2) is 0 Å². The van der Waals surface area contributed by atoms with Gasteiger partial charge in [0, 0.05) is 32.7 Å². The zero-order valence-corrected chi connectivity index (χ0v) is 19.8. The van der Waals surface area contributed by atoms with Crippen molar-refractivity contribution in [2.45, 2.75) is 63.0 Å². The number of carbonyl (C=O) groups is 1. The molecule has 5 nitrogen and oxygen atoms in total. The van der Waals surface area contributed by atoms with E-state index in [4.69, 9.17) is 0 Å². The van der Waals surface area contributed by atoms with Crippen molar-refractivity contribution in [3.63, 3.8) is 0 Å². The lowest BCUT2D eigenvalue weighted by Crippen LogP contribution is -2.48. The van der Waals surface area contributed by atoms with Gasteiger partial charge in [-0.05, 0) is 42.5 Å². The molecule has 35 heavy (non-hydrogen) atoms. The minimum Gasteiger partial charge on any atom is -0.406 e. The van der Waals surface area contributed by atoms with E-state index < -0.39 is 17.9 Å². The van der Waals surface area contributed by atoms with Crippen molar-refractivity contribution in [1.29, 1.82) is 0 Å². The summed E-state index contributed by atoms with van der Waals surface area (Å²) in [5.74, 6) is -1.31. The molecule has 0 aromatic heterocycles. The molecule has 1 saturated heterocycles. The summed E-state index contributed by atoms with van der Waals surface area (Å²) in [5.41, 5.74) is 0.541. The number of aliphatic hydroxyl groups is 1. The van der Waals surface area contributed by atoms with Crippen molar-refractivity contribution < 1.29 is 27.8 Å². The zero-order valence-electron chi connectivity index (χ0n) is 19.8. The molecule has 0 radical (unpaired) electrons. The van der Waals surface area contributed by atoms with E-state index in [9.17, 15) is 23.1 Å². The molecule has 1 saturated carbocycles. The Morgan fingerprint density at radius 3 is 2.26 bits per heavy atom. The van der Waals surface area contributed by atoms with Crippen molar-refractivity contribution in [2.75, 3.05) is 26.2 Å². The molecule has 2 aromatic carbocycles. The second-order valence-electron chi connectivity index (χ2n) is 9.65. The molecular formula is C27H33F3N2O3. The van der Waals surface area contributed by atoms with Gasteiger partial charge >= 0.3 is 6.36 Å². The number of rotatable bonds is 6. The van der Waals surface area contributed by atoms with Crippen LogP contribution in [-0.4, -0.2) is 59.0 Å². The molecule has 1 aliphatic heterocycles. The Balaban J connectivity index is 1.51. The number of hydrogen-bond donors (Lipinski definition) is 1. The van der Waals surface area contributed by atoms with Crippen LogP contribution in [0.4, 0.5) is 13.2 Å². The number of amides is 1. The van der Waals surface area contributed by atoms with Crippen molar-refractivity contribution in [3.8, 4) is 5.75 Å². The fraction of sp³-hybridized carbons (Fsp3) is 0.519. The van der Waals surface area contributed by atoms with E-state index in [1.165, 1.54) is 29.8 Å². The maximum atomic E-state index is 13.9. The van der Waals surface area contributed by atoms with E-state index in [-0.39, 0.29) is 11.7 Å². The molecule has 1 N–H and O–H groups in total. The van der Waals surface area contributed by atoms with Gasteiger partial charge in [0.05, 0.1) is 11.5 Å². The highest BCUT2D eigenvalue weighted by Crippen LogP contribution is 2.42. The van der Waals surface area contributed by atoms with Gasteiger partial charge in [-0.15, -0.1) is 13.2 Å². The van der Waals surface area contributed by atoms with E-state index in [2.05, 4.69) is 21.8 Å². The number of halogens is 3. The van der Waals surface area contributed by atoms with Crippen molar-refractivity contribution in [2.24, 2.45) is 0 Å². The van der Waals surface area contributed by atoms with E-state index in [0.29, 0.717) is 31.5 Å². The molecule has 1 unspecified atom stereocenters. The summed E-state index contributed by atoms with van der Waals surface area (Å²) >= 11 is 0. The first-order valence-corrected chi connectivity index (χ1v) is 12.4. The SMILES string of the molecule is O=C(C(c1ccc(OC(F)(F)F)cc1)C1(O)CCCCC1)N1CCCN(Cc2ccccc2)CC1. The number of nitrogens with zero attached hydrogens (tertiary/aromatic N) is 2. The highest BCUT2D eigenvalue weighted by molar-refractivity contribution is 5.85. The van der Waals surface area contributed by atoms with Crippen LogP contribution in [0.25, 0.3) is 0 Å². The van der Waals surface area contributed by atoms with Crippen LogP contribution in [0.2, 0.25) is 0 Å². The molecule has 0 bridgehead atoms. The topological polar surface area (TPSA) is 53.0 Å². The third-order valence-electron chi connectivity index (χ3n) is 7.10.